The average molecular weight is 360 g/mol. The number of halogens is 1. The second-order valence-electron chi connectivity index (χ2n) is 7.43. The highest BCUT2D eigenvalue weighted by molar-refractivity contribution is 5.78. The van der Waals surface area contributed by atoms with Crippen LogP contribution < -0.4 is 15.6 Å². The van der Waals surface area contributed by atoms with Gasteiger partial charge in [-0.25, -0.2) is 4.39 Å². The van der Waals surface area contributed by atoms with Crippen molar-refractivity contribution in [1.82, 2.24) is 10.3 Å². The standard InChI is InChI=1S/C20H25FN2O3/c1-13(20(2,3)4)22-17(24)11-15-8-9-18(23-19(15)25)26-12-14-6-5-7-16(21)10-14/h5-10,13H,11-12H2,1-4H3,(H,22,24)(H,23,25)/t13-/m1/s1. The van der Waals surface area contributed by atoms with Crippen molar-refractivity contribution in [1.29, 1.82) is 0 Å². The van der Waals surface area contributed by atoms with E-state index in [9.17, 15) is 14.0 Å². The number of nitrogens with one attached hydrogen (secondary N) is 2. The quantitative estimate of drug-likeness (QED) is 0.831. The van der Waals surface area contributed by atoms with Gasteiger partial charge in [0.1, 0.15) is 12.4 Å². The lowest BCUT2D eigenvalue weighted by molar-refractivity contribution is -0.121. The van der Waals surface area contributed by atoms with E-state index in [1.54, 1.807) is 24.3 Å². The maximum atomic E-state index is 13.1. The molecule has 0 aliphatic rings. The summed E-state index contributed by atoms with van der Waals surface area (Å²) in [6, 6.07) is 9.20. The Morgan fingerprint density at radius 2 is 2.00 bits per heavy atom. The SMILES string of the molecule is C[C@@H](NC(=O)Cc1ccc(OCc2cccc(F)c2)[nH]c1=O)C(C)(C)C. The minimum Gasteiger partial charge on any atom is -0.474 e. The van der Waals surface area contributed by atoms with E-state index in [-0.39, 0.29) is 47.6 Å². The Balaban J connectivity index is 1.96. The minimum absolute atomic E-state index is 0.0000696. The van der Waals surface area contributed by atoms with Crippen LogP contribution in [0.2, 0.25) is 0 Å². The predicted molar refractivity (Wildman–Crippen MR) is 98.6 cm³/mol. The zero-order valence-electron chi connectivity index (χ0n) is 15.6. The molecule has 0 saturated heterocycles. The van der Waals surface area contributed by atoms with Gasteiger partial charge in [-0.15, -0.1) is 0 Å². The van der Waals surface area contributed by atoms with Crippen molar-refractivity contribution >= 4 is 5.91 Å². The number of pyridine rings is 1. The molecule has 0 unspecified atom stereocenters. The molecule has 26 heavy (non-hydrogen) atoms. The Morgan fingerprint density at radius 1 is 1.27 bits per heavy atom. The van der Waals surface area contributed by atoms with Gasteiger partial charge in [-0.1, -0.05) is 32.9 Å². The summed E-state index contributed by atoms with van der Waals surface area (Å²) in [5, 5.41) is 2.90. The third-order valence-corrected chi connectivity index (χ3v) is 4.28. The molecule has 0 aliphatic carbocycles. The summed E-state index contributed by atoms with van der Waals surface area (Å²) in [6.45, 7) is 8.18. The molecular formula is C20H25FN2O3. The van der Waals surface area contributed by atoms with Crippen LogP contribution in [0, 0.1) is 11.2 Å². The number of ether oxygens (including phenoxy) is 1. The lowest BCUT2D eigenvalue weighted by Gasteiger charge is -2.28. The molecule has 0 fully saturated rings. The number of hydrogen-bond acceptors (Lipinski definition) is 3. The van der Waals surface area contributed by atoms with Crippen molar-refractivity contribution < 1.29 is 13.9 Å². The predicted octanol–water partition coefficient (Wildman–Crippen LogP) is 3.19. The van der Waals surface area contributed by atoms with E-state index in [0.717, 1.165) is 0 Å². The lowest BCUT2D eigenvalue weighted by atomic mass is 9.88. The molecule has 1 atom stereocenters. The number of H-pyrrole nitrogens is 1. The topological polar surface area (TPSA) is 71.2 Å². The first-order chi connectivity index (χ1) is 12.1. The number of carbonyl (C=O) groups is 1. The largest absolute Gasteiger partial charge is 0.474 e. The van der Waals surface area contributed by atoms with Crippen LogP contribution in [-0.2, 0) is 17.8 Å². The van der Waals surface area contributed by atoms with E-state index in [1.807, 2.05) is 27.7 Å². The molecule has 1 amide bonds. The Morgan fingerprint density at radius 3 is 2.62 bits per heavy atom. The summed E-state index contributed by atoms with van der Waals surface area (Å²) in [6.07, 6.45) is -0.0000696. The first kappa shape index (κ1) is 19.7. The smallest absolute Gasteiger partial charge is 0.254 e. The second kappa shape index (κ2) is 8.17. The summed E-state index contributed by atoms with van der Waals surface area (Å²) >= 11 is 0. The van der Waals surface area contributed by atoms with Crippen molar-refractivity contribution in [2.75, 3.05) is 0 Å². The van der Waals surface area contributed by atoms with Crippen LogP contribution >= 0.6 is 0 Å². The van der Waals surface area contributed by atoms with Crippen LogP contribution in [-0.4, -0.2) is 16.9 Å². The summed E-state index contributed by atoms with van der Waals surface area (Å²) in [4.78, 5) is 26.9. The van der Waals surface area contributed by atoms with Gasteiger partial charge in [-0.05, 0) is 42.2 Å². The van der Waals surface area contributed by atoms with E-state index < -0.39 is 0 Å². The van der Waals surface area contributed by atoms with Gasteiger partial charge < -0.3 is 10.1 Å². The number of hydrogen-bond donors (Lipinski definition) is 2. The van der Waals surface area contributed by atoms with E-state index in [0.29, 0.717) is 11.1 Å². The zero-order chi connectivity index (χ0) is 19.3. The third-order valence-electron chi connectivity index (χ3n) is 4.28. The van der Waals surface area contributed by atoms with Gasteiger partial charge in [0.05, 0.1) is 6.42 Å². The molecule has 1 heterocycles. The Bertz CT molecular complexity index is 824. The lowest BCUT2D eigenvalue weighted by Crippen LogP contribution is -2.42. The van der Waals surface area contributed by atoms with E-state index in [2.05, 4.69) is 10.3 Å². The molecule has 0 radical (unpaired) electrons. The molecule has 0 spiro atoms. The van der Waals surface area contributed by atoms with Crippen LogP contribution in [0.4, 0.5) is 4.39 Å². The van der Waals surface area contributed by atoms with Gasteiger partial charge in [0.2, 0.25) is 5.91 Å². The fourth-order valence-electron chi connectivity index (χ4n) is 2.18. The zero-order valence-corrected chi connectivity index (χ0v) is 15.6. The summed E-state index contributed by atoms with van der Waals surface area (Å²) in [7, 11) is 0. The Kier molecular flexibility index (Phi) is 6.18. The molecule has 2 N–H and O–H groups in total. The second-order valence-corrected chi connectivity index (χ2v) is 7.43. The van der Waals surface area contributed by atoms with Gasteiger partial charge in [-0.3, -0.25) is 14.6 Å². The minimum atomic E-state index is -0.375. The van der Waals surface area contributed by atoms with Crippen molar-refractivity contribution in [3.8, 4) is 5.88 Å². The van der Waals surface area contributed by atoms with Crippen molar-refractivity contribution in [2.24, 2.45) is 5.41 Å². The van der Waals surface area contributed by atoms with Crippen LogP contribution in [0.5, 0.6) is 5.88 Å². The Labute approximate surface area is 152 Å². The molecule has 1 aromatic heterocycles. The highest BCUT2D eigenvalue weighted by atomic mass is 19.1. The van der Waals surface area contributed by atoms with Crippen molar-refractivity contribution in [3.05, 3.63) is 63.7 Å². The first-order valence-corrected chi connectivity index (χ1v) is 8.54. The van der Waals surface area contributed by atoms with E-state index >= 15 is 0 Å². The van der Waals surface area contributed by atoms with Crippen LogP contribution in [0.25, 0.3) is 0 Å². The number of aromatic nitrogens is 1. The van der Waals surface area contributed by atoms with Gasteiger partial charge in [0, 0.05) is 11.6 Å². The molecule has 2 aromatic rings. The number of benzene rings is 1. The maximum Gasteiger partial charge on any atom is 0.254 e. The molecule has 5 nitrogen and oxygen atoms in total. The summed E-state index contributed by atoms with van der Waals surface area (Å²) < 4.78 is 18.6. The number of aromatic amines is 1. The molecule has 140 valence electrons. The van der Waals surface area contributed by atoms with Gasteiger partial charge >= 0.3 is 0 Å². The number of carbonyl (C=O) groups excluding carboxylic acids is 1. The molecular weight excluding hydrogens is 335 g/mol. The van der Waals surface area contributed by atoms with E-state index in [1.165, 1.54) is 12.1 Å². The molecule has 0 bridgehead atoms. The van der Waals surface area contributed by atoms with Gasteiger partial charge in [0.25, 0.3) is 5.56 Å². The van der Waals surface area contributed by atoms with Gasteiger partial charge in [0.15, 0.2) is 5.88 Å². The number of rotatable bonds is 6. The van der Waals surface area contributed by atoms with Crippen LogP contribution in [0.15, 0.2) is 41.2 Å². The maximum absolute atomic E-state index is 13.1. The van der Waals surface area contributed by atoms with Crippen molar-refractivity contribution in [3.63, 3.8) is 0 Å². The highest BCUT2D eigenvalue weighted by Gasteiger charge is 2.22. The summed E-state index contributed by atoms with van der Waals surface area (Å²) in [5.41, 5.74) is 0.587. The van der Waals surface area contributed by atoms with Gasteiger partial charge in [-0.2, -0.15) is 0 Å². The highest BCUT2D eigenvalue weighted by Crippen LogP contribution is 2.18. The monoisotopic (exact) mass is 360 g/mol. The average Bonchev–Trinajstić information content (AvgIpc) is 2.54. The van der Waals surface area contributed by atoms with Crippen LogP contribution in [0.3, 0.4) is 0 Å². The molecule has 0 saturated carbocycles. The molecule has 6 heteroatoms. The van der Waals surface area contributed by atoms with Crippen molar-refractivity contribution in [2.45, 2.75) is 46.8 Å². The molecule has 2 rings (SSSR count). The fraction of sp³-hybridized carbons (Fsp3) is 0.400. The van der Waals surface area contributed by atoms with E-state index in [4.69, 9.17) is 4.74 Å². The Hall–Kier alpha value is -2.63. The third kappa shape index (κ3) is 5.72. The van der Waals surface area contributed by atoms with Crippen LogP contribution in [0.1, 0.15) is 38.8 Å². The first-order valence-electron chi connectivity index (χ1n) is 8.54. The fourth-order valence-corrected chi connectivity index (χ4v) is 2.18. The normalized spacial score (nSPS) is 12.5. The summed E-state index contributed by atoms with van der Waals surface area (Å²) in [5.74, 6) is -0.275. The molecule has 1 aromatic carbocycles. The molecule has 0 aliphatic heterocycles. The number of amides is 1.